The lowest BCUT2D eigenvalue weighted by molar-refractivity contribution is -0.278. The molecule has 40 heavy (non-hydrogen) atoms. The molecule has 0 radical (unpaired) electrons. The predicted octanol–water partition coefficient (Wildman–Crippen LogP) is 6.37. The third kappa shape index (κ3) is 8.41. The van der Waals surface area contributed by atoms with Crippen LogP contribution in [0.15, 0.2) is 29.2 Å². The first-order valence-corrected chi connectivity index (χ1v) is 16.3. The first-order chi connectivity index (χ1) is 18.8. The first-order valence-electron chi connectivity index (χ1n) is 14.8. The van der Waals surface area contributed by atoms with E-state index in [2.05, 4.69) is 6.92 Å². The third-order valence-electron chi connectivity index (χ3n) is 7.73. The molecular formula is C30H49NO8S. The van der Waals surface area contributed by atoms with Gasteiger partial charge < -0.3 is 23.7 Å². The lowest BCUT2D eigenvalue weighted by Gasteiger charge is -2.32. The van der Waals surface area contributed by atoms with E-state index in [1.807, 2.05) is 11.6 Å². The summed E-state index contributed by atoms with van der Waals surface area (Å²) in [6.45, 7) is 11.7. The van der Waals surface area contributed by atoms with E-state index in [0.717, 1.165) is 18.4 Å². The van der Waals surface area contributed by atoms with Crippen LogP contribution < -0.4 is 4.72 Å². The molecule has 4 atom stereocenters. The van der Waals surface area contributed by atoms with E-state index in [0.29, 0.717) is 6.61 Å². The predicted molar refractivity (Wildman–Crippen MR) is 152 cm³/mol. The SMILES string of the molecule is CCCCCCCCCCCCOC[C@@]12O[C@@H](C)C(C)(OC(=O)NS(=O)(=O)c3ccc(C)cc3)[C@@H]1OC(C)(C)O2. The van der Waals surface area contributed by atoms with E-state index >= 15 is 0 Å². The number of hydrogen-bond acceptors (Lipinski definition) is 8. The molecule has 0 bridgehead atoms. The second-order valence-electron chi connectivity index (χ2n) is 11.8. The van der Waals surface area contributed by atoms with Crippen molar-refractivity contribution in [2.24, 2.45) is 0 Å². The maximum Gasteiger partial charge on any atom is 0.421 e. The van der Waals surface area contributed by atoms with Crippen LogP contribution in [0.3, 0.4) is 0 Å². The molecule has 0 spiro atoms. The normalized spacial score (nSPS) is 27.4. The number of fused-ring (bicyclic) bond motifs is 1. The molecule has 1 N–H and O–H groups in total. The number of carbonyl (C=O) groups excluding carboxylic acids is 1. The topological polar surface area (TPSA) is 109 Å². The molecule has 0 aliphatic carbocycles. The Labute approximate surface area is 240 Å². The second kappa shape index (κ2) is 14.0. The molecule has 0 aromatic heterocycles. The number of nitrogens with one attached hydrogen (secondary N) is 1. The van der Waals surface area contributed by atoms with Crippen molar-refractivity contribution >= 4 is 16.1 Å². The van der Waals surface area contributed by atoms with Crippen molar-refractivity contribution in [2.75, 3.05) is 13.2 Å². The van der Waals surface area contributed by atoms with Crippen molar-refractivity contribution in [1.82, 2.24) is 4.72 Å². The van der Waals surface area contributed by atoms with Gasteiger partial charge in [0, 0.05) is 6.61 Å². The number of carbonyl (C=O) groups is 1. The minimum absolute atomic E-state index is 0.0350. The first kappa shape index (κ1) is 32.8. The summed E-state index contributed by atoms with van der Waals surface area (Å²) in [6, 6.07) is 6.18. The Hall–Kier alpha value is -1.72. The maximum atomic E-state index is 12.8. The highest BCUT2D eigenvalue weighted by Crippen LogP contribution is 2.51. The fraction of sp³-hybridized carbons (Fsp3) is 0.767. The molecule has 228 valence electrons. The molecule has 2 fully saturated rings. The summed E-state index contributed by atoms with van der Waals surface area (Å²) < 4.78 is 57.8. The van der Waals surface area contributed by atoms with Crippen LogP contribution in [0, 0.1) is 6.92 Å². The minimum Gasteiger partial charge on any atom is -0.437 e. The molecule has 2 aliphatic heterocycles. The highest BCUT2D eigenvalue weighted by molar-refractivity contribution is 7.90. The van der Waals surface area contributed by atoms with E-state index in [4.69, 9.17) is 23.7 Å². The van der Waals surface area contributed by atoms with Gasteiger partial charge in [-0.3, -0.25) is 0 Å². The zero-order chi connectivity index (χ0) is 29.4. The summed E-state index contributed by atoms with van der Waals surface area (Å²) in [5, 5.41) is 0. The molecule has 3 rings (SSSR count). The number of benzene rings is 1. The van der Waals surface area contributed by atoms with Crippen LogP contribution >= 0.6 is 0 Å². The van der Waals surface area contributed by atoms with Crippen LogP contribution in [-0.2, 0) is 33.7 Å². The number of amides is 1. The van der Waals surface area contributed by atoms with Crippen LogP contribution in [0.2, 0.25) is 0 Å². The molecule has 0 saturated carbocycles. The lowest BCUT2D eigenvalue weighted by atomic mass is 9.92. The molecule has 1 aromatic rings. The van der Waals surface area contributed by atoms with E-state index in [9.17, 15) is 13.2 Å². The van der Waals surface area contributed by atoms with E-state index in [1.54, 1.807) is 39.8 Å². The second-order valence-corrected chi connectivity index (χ2v) is 13.5. The minimum atomic E-state index is -4.12. The Balaban J connectivity index is 1.52. The molecule has 1 unspecified atom stereocenters. The van der Waals surface area contributed by atoms with E-state index in [-0.39, 0.29) is 11.5 Å². The Bertz CT molecular complexity index is 1060. The Morgan fingerprint density at radius 1 is 0.925 bits per heavy atom. The van der Waals surface area contributed by atoms with Gasteiger partial charge in [0.15, 0.2) is 17.5 Å². The average Bonchev–Trinajstić information content (AvgIpc) is 3.24. The molecular weight excluding hydrogens is 534 g/mol. The van der Waals surface area contributed by atoms with Gasteiger partial charge in [0.05, 0.1) is 4.90 Å². The van der Waals surface area contributed by atoms with Crippen molar-refractivity contribution in [3.05, 3.63) is 29.8 Å². The summed E-state index contributed by atoms with van der Waals surface area (Å²) >= 11 is 0. The van der Waals surface area contributed by atoms with Gasteiger partial charge in [-0.15, -0.1) is 0 Å². The van der Waals surface area contributed by atoms with Crippen molar-refractivity contribution < 1.29 is 36.9 Å². The zero-order valence-electron chi connectivity index (χ0n) is 25.1. The fourth-order valence-corrected chi connectivity index (χ4v) is 6.30. The third-order valence-corrected chi connectivity index (χ3v) is 9.06. The van der Waals surface area contributed by atoms with Gasteiger partial charge in [-0.1, -0.05) is 82.4 Å². The average molecular weight is 584 g/mol. The summed E-state index contributed by atoms with van der Waals surface area (Å²) in [5.74, 6) is -2.30. The molecule has 1 aromatic carbocycles. The van der Waals surface area contributed by atoms with Crippen LogP contribution in [0.1, 0.15) is 104 Å². The summed E-state index contributed by atoms with van der Waals surface area (Å²) in [6.07, 6.45) is 9.79. The number of rotatable bonds is 16. The Kier molecular flexibility index (Phi) is 11.4. The van der Waals surface area contributed by atoms with Gasteiger partial charge in [0.25, 0.3) is 10.0 Å². The number of sulfonamides is 1. The summed E-state index contributed by atoms with van der Waals surface area (Å²) in [7, 11) is -4.12. The molecule has 2 saturated heterocycles. The lowest BCUT2D eigenvalue weighted by Crippen LogP contribution is -2.54. The highest BCUT2D eigenvalue weighted by atomic mass is 32.2. The van der Waals surface area contributed by atoms with Gasteiger partial charge in [-0.25, -0.2) is 17.9 Å². The largest absolute Gasteiger partial charge is 0.437 e. The fourth-order valence-electron chi connectivity index (χ4n) is 5.42. The maximum absolute atomic E-state index is 12.8. The number of aryl methyl sites for hydroxylation is 1. The van der Waals surface area contributed by atoms with E-state index < -0.39 is 45.5 Å². The van der Waals surface area contributed by atoms with Crippen molar-refractivity contribution in [2.45, 2.75) is 140 Å². The van der Waals surface area contributed by atoms with Crippen LogP contribution in [-0.4, -0.2) is 57.1 Å². The van der Waals surface area contributed by atoms with Crippen LogP contribution in [0.4, 0.5) is 4.79 Å². The number of ether oxygens (including phenoxy) is 5. The Morgan fingerprint density at radius 2 is 1.50 bits per heavy atom. The van der Waals surface area contributed by atoms with Crippen molar-refractivity contribution in [3.8, 4) is 0 Å². The molecule has 2 heterocycles. The molecule has 1 amide bonds. The summed E-state index contributed by atoms with van der Waals surface area (Å²) in [4.78, 5) is 12.8. The Morgan fingerprint density at radius 3 is 2.10 bits per heavy atom. The molecule has 10 heteroatoms. The quantitative estimate of drug-likeness (QED) is 0.224. The smallest absolute Gasteiger partial charge is 0.421 e. The van der Waals surface area contributed by atoms with Crippen molar-refractivity contribution in [1.29, 1.82) is 0 Å². The monoisotopic (exact) mass is 583 g/mol. The van der Waals surface area contributed by atoms with E-state index in [1.165, 1.54) is 63.5 Å². The highest BCUT2D eigenvalue weighted by Gasteiger charge is 2.71. The van der Waals surface area contributed by atoms with Gasteiger partial charge in [-0.2, -0.15) is 0 Å². The zero-order valence-corrected chi connectivity index (χ0v) is 25.9. The van der Waals surface area contributed by atoms with Crippen LogP contribution in [0.25, 0.3) is 0 Å². The van der Waals surface area contributed by atoms with Gasteiger partial charge in [-0.05, 0) is 53.2 Å². The van der Waals surface area contributed by atoms with Gasteiger partial charge in [0.1, 0.15) is 12.7 Å². The van der Waals surface area contributed by atoms with Gasteiger partial charge >= 0.3 is 6.09 Å². The van der Waals surface area contributed by atoms with Gasteiger partial charge in [0.2, 0.25) is 5.79 Å². The standard InChI is InChI=1S/C30H49NO8S/c1-7-8-9-10-11-12-13-14-15-16-21-35-22-30-26(37-28(4,5)39-30)29(6,24(3)36-30)38-27(32)31-40(33,34)25-19-17-23(2)18-20-25/h17-20,24,26H,7-16,21-22H2,1-6H3,(H,31,32)/t24-,26-,29?,30-/m0/s1. The van der Waals surface area contributed by atoms with Crippen LogP contribution in [0.5, 0.6) is 0 Å². The number of hydrogen-bond donors (Lipinski definition) is 1. The molecule has 2 aliphatic rings. The number of unbranched alkanes of at least 4 members (excludes halogenated alkanes) is 9. The molecule has 9 nitrogen and oxygen atoms in total. The summed E-state index contributed by atoms with van der Waals surface area (Å²) in [5.41, 5.74) is -0.431. The van der Waals surface area contributed by atoms with Crippen molar-refractivity contribution in [3.63, 3.8) is 0 Å².